The number of aliphatic carboxylic acids is 1. The first kappa shape index (κ1) is 28.6. The predicted molar refractivity (Wildman–Crippen MR) is 139 cm³/mol. The first-order chi connectivity index (χ1) is 19.5. The van der Waals surface area contributed by atoms with Crippen molar-refractivity contribution in [3.63, 3.8) is 0 Å². The lowest BCUT2D eigenvalue weighted by Gasteiger charge is -2.26. The molecule has 2 unspecified atom stereocenters. The van der Waals surface area contributed by atoms with E-state index in [9.17, 15) is 32.7 Å². The second kappa shape index (κ2) is 11.1. The van der Waals surface area contributed by atoms with Crippen LogP contribution in [0.2, 0.25) is 0 Å². The van der Waals surface area contributed by atoms with Gasteiger partial charge in [0.25, 0.3) is 5.91 Å². The van der Waals surface area contributed by atoms with Crippen LogP contribution in [0.3, 0.4) is 0 Å². The summed E-state index contributed by atoms with van der Waals surface area (Å²) in [7, 11) is 0. The number of nitrogens with zero attached hydrogens (tertiary/aromatic N) is 5. The molecule has 1 saturated carbocycles. The number of alkyl halides is 3. The summed E-state index contributed by atoms with van der Waals surface area (Å²) in [5.41, 5.74) is -0.751. The first-order valence-electron chi connectivity index (χ1n) is 13.8. The van der Waals surface area contributed by atoms with E-state index in [0.717, 1.165) is 38.5 Å². The van der Waals surface area contributed by atoms with Gasteiger partial charge in [-0.3, -0.25) is 19.1 Å². The van der Waals surface area contributed by atoms with Gasteiger partial charge in [-0.2, -0.15) is 23.4 Å². The Balaban J connectivity index is 1.45. The summed E-state index contributed by atoms with van der Waals surface area (Å²) < 4.78 is 42.9. The average Bonchev–Trinajstić information content (AvgIpc) is 3.59. The van der Waals surface area contributed by atoms with Gasteiger partial charge in [0, 0.05) is 25.6 Å². The fourth-order valence-electron chi connectivity index (χ4n) is 5.96. The molecule has 220 valence electrons. The van der Waals surface area contributed by atoms with Crippen molar-refractivity contribution in [2.24, 2.45) is 11.3 Å². The molecule has 2 amide bonds. The van der Waals surface area contributed by atoms with E-state index in [1.807, 2.05) is 6.92 Å². The molecule has 3 aromatic heterocycles. The number of aryl methyl sites for hydroxylation is 1. The highest BCUT2D eigenvalue weighted by atomic mass is 19.4. The lowest BCUT2D eigenvalue weighted by Crippen LogP contribution is -2.41. The summed E-state index contributed by atoms with van der Waals surface area (Å²) in [6.07, 6.45) is 3.09. The van der Waals surface area contributed by atoms with Crippen LogP contribution in [0, 0.1) is 11.3 Å². The molecule has 0 bridgehead atoms. The third kappa shape index (κ3) is 5.64. The minimum atomic E-state index is -4.77. The minimum absolute atomic E-state index is 0.126. The molecule has 14 heteroatoms. The Kier molecular flexibility index (Phi) is 7.75. The van der Waals surface area contributed by atoms with Gasteiger partial charge >= 0.3 is 12.1 Å². The normalized spacial score (nSPS) is 22.8. The smallest absolute Gasteiger partial charge is 0.408 e. The predicted octanol–water partition coefficient (Wildman–Crippen LogP) is 3.45. The highest BCUT2D eigenvalue weighted by Gasteiger charge is 2.59. The van der Waals surface area contributed by atoms with Gasteiger partial charge in [0.15, 0.2) is 11.1 Å². The fourth-order valence-corrected chi connectivity index (χ4v) is 5.96. The van der Waals surface area contributed by atoms with Gasteiger partial charge in [-0.15, -0.1) is 0 Å². The number of hydrogen-bond donors (Lipinski definition) is 3. The number of rotatable bonds is 8. The number of imidazole rings is 1. The Bertz CT molecular complexity index is 1440. The molecule has 4 heterocycles. The number of carbonyl (C=O) groups excluding carboxylic acids is 2. The third-order valence-electron chi connectivity index (χ3n) is 8.20. The molecule has 1 aliphatic heterocycles. The second-order valence-electron chi connectivity index (χ2n) is 10.9. The Morgan fingerprint density at radius 1 is 1.20 bits per heavy atom. The molecule has 0 spiro atoms. The number of carboxylic acid groups (broad SMARTS) is 1. The lowest BCUT2D eigenvalue weighted by molar-refractivity contribution is -0.158. The van der Waals surface area contributed by atoms with Crippen LogP contribution in [0.4, 0.5) is 13.2 Å². The molecule has 0 aromatic carbocycles. The summed E-state index contributed by atoms with van der Waals surface area (Å²) >= 11 is 0. The van der Waals surface area contributed by atoms with E-state index >= 15 is 0 Å². The van der Waals surface area contributed by atoms with Crippen molar-refractivity contribution < 1.29 is 32.7 Å². The lowest BCUT2D eigenvalue weighted by atomic mass is 9.80. The van der Waals surface area contributed by atoms with Crippen LogP contribution in [0.15, 0.2) is 30.6 Å². The van der Waals surface area contributed by atoms with E-state index < -0.39 is 48.4 Å². The zero-order chi connectivity index (χ0) is 29.4. The molecular weight excluding hydrogens is 543 g/mol. The van der Waals surface area contributed by atoms with E-state index in [1.54, 1.807) is 34.5 Å². The van der Waals surface area contributed by atoms with Crippen molar-refractivity contribution in [2.75, 3.05) is 0 Å². The van der Waals surface area contributed by atoms with Crippen molar-refractivity contribution in [3.05, 3.63) is 47.7 Å². The molecule has 3 N–H and O–H groups in total. The molecule has 3 aromatic rings. The van der Waals surface area contributed by atoms with E-state index in [0.29, 0.717) is 23.6 Å². The first-order valence-corrected chi connectivity index (χ1v) is 13.8. The Hall–Kier alpha value is -3.97. The van der Waals surface area contributed by atoms with Gasteiger partial charge in [0.2, 0.25) is 5.91 Å². The molecule has 1 saturated heterocycles. The highest BCUT2D eigenvalue weighted by Crippen LogP contribution is 2.40. The zero-order valence-electron chi connectivity index (χ0n) is 22.5. The zero-order valence-corrected chi connectivity index (χ0v) is 22.5. The van der Waals surface area contributed by atoms with Crippen molar-refractivity contribution in [1.82, 2.24) is 35.0 Å². The van der Waals surface area contributed by atoms with E-state index in [4.69, 9.17) is 4.98 Å². The van der Waals surface area contributed by atoms with Crippen LogP contribution in [-0.2, 0) is 22.6 Å². The Labute approximate surface area is 233 Å². The largest absolute Gasteiger partial charge is 0.480 e. The van der Waals surface area contributed by atoms with E-state index in [-0.39, 0.29) is 17.5 Å². The third-order valence-corrected chi connectivity index (χ3v) is 8.20. The van der Waals surface area contributed by atoms with Gasteiger partial charge in [0.1, 0.15) is 11.7 Å². The van der Waals surface area contributed by atoms with Crippen LogP contribution < -0.4 is 10.6 Å². The van der Waals surface area contributed by atoms with Gasteiger partial charge in [-0.25, -0.2) is 9.50 Å². The summed E-state index contributed by atoms with van der Waals surface area (Å²) in [6.45, 7) is 2.43. The second-order valence-corrected chi connectivity index (χ2v) is 10.9. The molecule has 3 atom stereocenters. The highest BCUT2D eigenvalue weighted by molar-refractivity contribution is 6.04. The number of carboxylic acids is 1. The standard InChI is InChI=1S/C27H32F3N7O4/c1-2-36-19(11-12-31-36)23(38)34-22(16-7-5-3-4-6-8-16)18-15-37-21(32-18)10-9-17(35-37)13-26(25(40)41)14-20(27(28,29)30)33-24(26)39/h9-12,15-16,20,22H,2-8,13-14H2,1H3,(H,33,39)(H,34,38)(H,40,41)/t20?,22-,26?/m0/s1. The van der Waals surface area contributed by atoms with E-state index in [2.05, 4.69) is 15.5 Å². The van der Waals surface area contributed by atoms with Gasteiger partial charge in [0.05, 0.1) is 23.6 Å². The number of amides is 2. The van der Waals surface area contributed by atoms with Crippen molar-refractivity contribution in [3.8, 4) is 0 Å². The molecule has 41 heavy (non-hydrogen) atoms. The minimum Gasteiger partial charge on any atom is -0.480 e. The molecule has 1 aliphatic carbocycles. The number of carbonyl (C=O) groups is 3. The number of nitrogens with one attached hydrogen (secondary N) is 2. The SMILES string of the molecule is CCn1nccc1C(=O)N[C@H](c1cn2nc(CC3(C(=O)O)CC(C(F)(F)F)NC3=O)ccc2n1)C1CCCCCC1. The van der Waals surface area contributed by atoms with Crippen molar-refractivity contribution >= 4 is 23.4 Å². The number of fused-ring (bicyclic) bond motifs is 1. The molecular formula is C27H32F3N7O4. The van der Waals surface area contributed by atoms with Gasteiger partial charge in [-0.05, 0) is 43.9 Å². The summed E-state index contributed by atoms with van der Waals surface area (Å²) in [4.78, 5) is 42.6. The van der Waals surface area contributed by atoms with Crippen LogP contribution >= 0.6 is 0 Å². The fraction of sp³-hybridized carbons (Fsp3) is 0.556. The topological polar surface area (TPSA) is 144 Å². The van der Waals surface area contributed by atoms with Crippen LogP contribution in [0.25, 0.3) is 5.65 Å². The van der Waals surface area contributed by atoms with E-state index in [1.165, 1.54) is 10.6 Å². The van der Waals surface area contributed by atoms with Crippen molar-refractivity contribution in [1.29, 1.82) is 0 Å². The summed E-state index contributed by atoms with van der Waals surface area (Å²) in [5.74, 6) is -2.99. The Morgan fingerprint density at radius 3 is 2.56 bits per heavy atom. The molecule has 11 nitrogen and oxygen atoms in total. The molecule has 0 radical (unpaired) electrons. The van der Waals surface area contributed by atoms with Crippen LogP contribution in [0.5, 0.6) is 0 Å². The number of aromatic nitrogens is 5. The van der Waals surface area contributed by atoms with Gasteiger partial charge in [-0.1, -0.05) is 25.7 Å². The average molecular weight is 576 g/mol. The molecule has 2 fully saturated rings. The summed E-state index contributed by atoms with van der Waals surface area (Å²) in [5, 5.41) is 23.3. The Morgan fingerprint density at radius 2 is 1.93 bits per heavy atom. The van der Waals surface area contributed by atoms with Crippen LogP contribution in [0.1, 0.15) is 79.8 Å². The molecule has 5 rings (SSSR count). The maximum atomic E-state index is 13.3. The van der Waals surface area contributed by atoms with Gasteiger partial charge < -0.3 is 15.7 Å². The number of halogens is 3. The van der Waals surface area contributed by atoms with Crippen molar-refractivity contribution in [2.45, 2.75) is 83.1 Å². The molecule has 2 aliphatic rings. The van der Waals surface area contributed by atoms with Crippen LogP contribution in [-0.4, -0.2) is 59.5 Å². The monoisotopic (exact) mass is 575 g/mol. The maximum Gasteiger partial charge on any atom is 0.408 e. The quantitative estimate of drug-likeness (QED) is 0.276. The maximum absolute atomic E-state index is 13.3. The number of hydrogen-bond acceptors (Lipinski definition) is 6. The summed E-state index contributed by atoms with van der Waals surface area (Å²) in [6, 6.07) is 2.02.